The molecule has 0 saturated carbocycles. The third-order valence-electron chi connectivity index (χ3n) is 5.18. The number of nitrogens with zero attached hydrogens (tertiary/aromatic N) is 2. The first-order valence-electron chi connectivity index (χ1n) is 8.85. The van der Waals surface area contributed by atoms with Crippen LogP contribution in [0.25, 0.3) is 0 Å². The number of benzene rings is 2. The summed E-state index contributed by atoms with van der Waals surface area (Å²) in [4.78, 5) is 13.5. The number of Topliss-reactive ketones (excluding diaryl/α,β-unsaturated/α-hetero) is 1. The van der Waals surface area contributed by atoms with Crippen LogP contribution in [0.2, 0.25) is 0 Å². The molecule has 29 heavy (non-hydrogen) atoms. The zero-order valence-corrected chi connectivity index (χ0v) is 17.4. The van der Waals surface area contributed by atoms with Gasteiger partial charge in [-0.3, -0.25) is 9.10 Å². The van der Waals surface area contributed by atoms with Gasteiger partial charge in [0.2, 0.25) is 0 Å². The number of hydrogen-bond donors (Lipinski definition) is 0. The van der Waals surface area contributed by atoms with Crippen LogP contribution >= 0.6 is 15.9 Å². The maximum Gasteiger partial charge on any atom is 0.416 e. The van der Waals surface area contributed by atoms with E-state index in [0.29, 0.717) is 34.9 Å². The fourth-order valence-corrected chi connectivity index (χ4v) is 5.70. The number of ketones is 1. The van der Waals surface area contributed by atoms with E-state index in [2.05, 4.69) is 15.9 Å². The number of sulfonamides is 1. The van der Waals surface area contributed by atoms with E-state index in [1.54, 1.807) is 18.2 Å². The van der Waals surface area contributed by atoms with E-state index in [9.17, 15) is 26.4 Å². The van der Waals surface area contributed by atoms with Crippen LogP contribution in [-0.4, -0.2) is 33.3 Å². The highest BCUT2D eigenvalue weighted by atomic mass is 79.9. The number of hydrogen-bond acceptors (Lipinski definition) is 4. The number of piperidine rings is 1. The van der Waals surface area contributed by atoms with Crippen molar-refractivity contribution >= 4 is 43.1 Å². The van der Waals surface area contributed by atoms with Crippen LogP contribution in [0.15, 0.2) is 51.8 Å². The van der Waals surface area contributed by atoms with Crippen molar-refractivity contribution < 1.29 is 26.4 Å². The third-order valence-corrected chi connectivity index (χ3v) is 7.45. The van der Waals surface area contributed by atoms with Crippen molar-refractivity contribution in [2.24, 2.45) is 0 Å². The van der Waals surface area contributed by atoms with Gasteiger partial charge in [-0.05, 0) is 36.4 Å². The normalized spacial score (nSPS) is 19.7. The molecule has 5 nitrogen and oxygen atoms in total. The standard InChI is InChI=1S/C19H16BrF3N2O3S/c20-13-4-5-17-18(9-13)25(11-14-10-15(26)6-7-24(14)17)29(27,28)16-3-1-2-12(8-16)19(21,22)23/h1-5,8-9,14H,6-7,10-11H2/t14-/m0/s1. The fourth-order valence-electron chi connectivity index (χ4n) is 3.80. The number of anilines is 2. The van der Waals surface area contributed by atoms with E-state index in [1.165, 1.54) is 0 Å². The average molecular weight is 489 g/mol. The molecule has 0 radical (unpaired) electrons. The molecule has 2 heterocycles. The van der Waals surface area contributed by atoms with Crippen LogP contribution in [0, 0.1) is 0 Å². The Morgan fingerprint density at radius 2 is 1.83 bits per heavy atom. The average Bonchev–Trinajstić information content (AvgIpc) is 2.66. The molecule has 2 aliphatic heterocycles. The monoisotopic (exact) mass is 488 g/mol. The van der Waals surface area contributed by atoms with Crippen LogP contribution < -0.4 is 9.21 Å². The molecule has 10 heteroatoms. The number of rotatable bonds is 2. The largest absolute Gasteiger partial charge is 0.416 e. The van der Waals surface area contributed by atoms with Crippen LogP contribution in [-0.2, 0) is 21.0 Å². The lowest BCUT2D eigenvalue weighted by Crippen LogP contribution is -2.54. The van der Waals surface area contributed by atoms with Crippen molar-refractivity contribution in [2.75, 3.05) is 22.3 Å². The second-order valence-electron chi connectivity index (χ2n) is 7.03. The maximum atomic E-state index is 13.3. The topological polar surface area (TPSA) is 57.7 Å². The molecule has 0 aliphatic carbocycles. The Kier molecular flexibility index (Phi) is 4.89. The van der Waals surface area contributed by atoms with Crippen LogP contribution in [0.3, 0.4) is 0 Å². The summed E-state index contributed by atoms with van der Waals surface area (Å²) in [5, 5.41) is 0. The van der Waals surface area contributed by atoms with Gasteiger partial charge in [-0.1, -0.05) is 22.0 Å². The van der Waals surface area contributed by atoms with E-state index in [1.807, 2.05) is 4.90 Å². The van der Waals surface area contributed by atoms with Gasteiger partial charge in [-0.2, -0.15) is 13.2 Å². The molecule has 154 valence electrons. The summed E-state index contributed by atoms with van der Waals surface area (Å²) in [5.41, 5.74) is -0.00518. The second-order valence-corrected chi connectivity index (χ2v) is 9.81. The first kappa shape index (κ1) is 20.2. The van der Waals surface area contributed by atoms with Gasteiger partial charge in [0.1, 0.15) is 5.78 Å². The molecule has 1 atom stereocenters. The van der Waals surface area contributed by atoms with Gasteiger partial charge in [0.05, 0.1) is 34.4 Å². The first-order valence-corrected chi connectivity index (χ1v) is 11.1. The quantitative estimate of drug-likeness (QED) is 0.635. The molecule has 4 rings (SSSR count). The molecule has 0 bridgehead atoms. The highest BCUT2D eigenvalue weighted by molar-refractivity contribution is 9.10. The SMILES string of the molecule is O=C1CCN2c3ccc(Br)cc3N(S(=O)(=O)c3cccc(C(F)(F)F)c3)C[C@@H]2C1. The Morgan fingerprint density at radius 1 is 1.07 bits per heavy atom. The number of carbonyl (C=O) groups excluding carboxylic acids is 1. The lowest BCUT2D eigenvalue weighted by Gasteiger charge is -2.45. The lowest BCUT2D eigenvalue weighted by atomic mass is 9.97. The minimum atomic E-state index is -4.65. The Hall–Kier alpha value is -2.07. The highest BCUT2D eigenvalue weighted by Gasteiger charge is 2.40. The summed E-state index contributed by atoms with van der Waals surface area (Å²) in [5.74, 6) is 0.0447. The van der Waals surface area contributed by atoms with Crippen LogP contribution in [0.4, 0.5) is 24.5 Å². The molecule has 0 N–H and O–H groups in total. The Morgan fingerprint density at radius 3 is 2.55 bits per heavy atom. The van der Waals surface area contributed by atoms with Gasteiger partial charge in [0.15, 0.2) is 0 Å². The second kappa shape index (κ2) is 7.02. The van der Waals surface area contributed by atoms with Gasteiger partial charge < -0.3 is 4.90 Å². The summed E-state index contributed by atoms with van der Waals surface area (Å²) in [7, 11) is -4.27. The van der Waals surface area contributed by atoms with Crippen molar-refractivity contribution in [2.45, 2.75) is 30.0 Å². The van der Waals surface area contributed by atoms with Crippen molar-refractivity contribution in [1.82, 2.24) is 0 Å². The predicted octanol–water partition coefficient (Wildman–Crippen LogP) is 4.21. The molecule has 0 amide bonds. The summed E-state index contributed by atoms with van der Waals surface area (Å²) >= 11 is 3.33. The number of alkyl halides is 3. The van der Waals surface area contributed by atoms with Crippen molar-refractivity contribution in [3.8, 4) is 0 Å². The van der Waals surface area contributed by atoms with E-state index in [0.717, 1.165) is 22.5 Å². The molecule has 2 aromatic carbocycles. The number of halogens is 4. The van der Waals surface area contributed by atoms with Gasteiger partial charge >= 0.3 is 6.18 Å². The summed E-state index contributed by atoms with van der Waals surface area (Å²) in [6.07, 6.45) is -4.07. The van der Waals surface area contributed by atoms with Gasteiger partial charge in [0.25, 0.3) is 10.0 Å². The van der Waals surface area contributed by atoms with Crippen molar-refractivity contribution in [3.05, 3.63) is 52.5 Å². The van der Waals surface area contributed by atoms with E-state index < -0.39 is 26.7 Å². The Balaban J connectivity index is 1.83. The first-order chi connectivity index (χ1) is 13.6. The smallest absolute Gasteiger partial charge is 0.364 e. The van der Waals surface area contributed by atoms with E-state index in [4.69, 9.17) is 0 Å². The molecular weight excluding hydrogens is 473 g/mol. The Bertz CT molecular complexity index is 1090. The minimum Gasteiger partial charge on any atom is -0.364 e. The summed E-state index contributed by atoms with van der Waals surface area (Å²) in [6.45, 7) is 0.476. The molecule has 2 aromatic rings. The van der Waals surface area contributed by atoms with Crippen molar-refractivity contribution in [1.29, 1.82) is 0 Å². The zero-order valence-electron chi connectivity index (χ0n) is 15.0. The molecule has 0 aromatic heterocycles. The van der Waals surface area contributed by atoms with Gasteiger partial charge in [-0.15, -0.1) is 0 Å². The van der Waals surface area contributed by atoms with Crippen molar-refractivity contribution in [3.63, 3.8) is 0 Å². The highest BCUT2D eigenvalue weighted by Crippen LogP contribution is 2.42. The predicted molar refractivity (Wildman–Crippen MR) is 105 cm³/mol. The Labute approximate surface area is 174 Å². The van der Waals surface area contributed by atoms with E-state index >= 15 is 0 Å². The molecule has 0 spiro atoms. The molecule has 1 fully saturated rings. The third kappa shape index (κ3) is 3.63. The molecule has 1 saturated heterocycles. The maximum absolute atomic E-state index is 13.3. The number of carbonyl (C=O) groups is 1. The molecule has 0 unspecified atom stereocenters. The van der Waals surface area contributed by atoms with Gasteiger partial charge in [-0.25, -0.2) is 8.42 Å². The van der Waals surface area contributed by atoms with Crippen LogP contribution in [0.1, 0.15) is 18.4 Å². The zero-order chi connectivity index (χ0) is 21.0. The minimum absolute atomic E-state index is 0.00618. The fraction of sp³-hybridized carbons (Fsp3) is 0.316. The molecular formula is C19H16BrF3N2O3S. The van der Waals surface area contributed by atoms with E-state index in [-0.39, 0.29) is 24.8 Å². The van der Waals surface area contributed by atoms with Gasteiger partial charge in [0, 0.05) is 23.9 Å². The molecule has 2 aliphatic rings. The van der Waals surface area contributed by atoms with Crippen LogP contribution in [0.5, 0.6) is 0 Å². The summed E-state index contributed by atoms with van der Waals surface area (Å²) in [6, 6.07) is 8.52. The summed E-state index contributed by atoms with van der Waals surface area (Å²) < 4.78 is 67.7. The number of fused-ring (bicyclic) bond motifs is 3. The lowest BCUT2D eigenvalue weighted by molar-refractivity contribution is -0.137.